The Bertz CT molecular complexity index is 938. The smallest absolute Gasteiger partial charge is 0.251 e. The van der Waals surface area contributed by atoms with Crippen LogP contribution in [-0.4, -0.2) is 58.9 Å². The van der Waals surface area contributed by atoms with Gasteiger partial charge in [-0.2, -0.15) is 0 Å². The Labute approximate surface area is 188 Å². The minimum absolute atomic E-state index is 0.0544. The van der Waals surface area contributed by atoms with E-state index >= 15 is 0 Å². The first kappa shape index (κ1) is 23.1. The van der Waals surface area contributed by atoms with Crippen molar-refractivity contribution in [3.63, 3.8) is 0 Å². The Morgan fingerprint density at radius 1 is 1.06 bits per heavy atom. The van der Waals surface area contributed by atoms with E-state index in [1.54, 1.807) is 18.7 Å². The average molecular weight is 442 g/mol. The minimum atomic E-state index is -0.0544. The van der Waals surface area contributed by atoms with E-state index in [1.165, 1.54) is 0 Å². The van der Waals surface area contributed by atoms with Gasteiger partial charge in [-0.15, -0.1) is 0 Å². The molecule has 0 atom stereocenters. The predicted molar refractivity (Wildman–Crippen MR) is 125 cm³/mol. The zero-order valence-electron chi connectivity index (χ0n) is 18.9. The van der Waals surface area contributed by atoms with Crippen molar-refractivity contribution in [3.8, 4) is 0 Å². The normalized spacial score (nSPS) is 14.1. The van der Waals surface area contributed by atoms with Crippen LogP contribution in [-0.2, 0) is 10.5 Å². The summed E-state index contributed by atoms with van der Waals surface area (Å²) in [5.41, 5.74) is 3.84. The number of carbonyl (C=O) groups excluding carboxylic acids is 2. The molecule has 1 aromatic carbocycles. The van der Waals surface area contributed by atoms with E-state index in [2.05, 4.69) is 22.1 Å². The fraction of sp³-hybridized carbons (Fsp3) is 0.478. The molecule has 31 heavy (non-hydrogen) atoms. The molecule has 0 saturated carbocycles. The molecule has 1 aromatic heterocycles. The second kappa shape index (κ2) is 10.1. The first-order valence-corrected chi connectivity index (χ1v) is 11.6. The van der Waals surface area contributed by atoms with E-state index in [1.807, 2.05) is 49.9 Å². The zero-order chi connectivity index (χ0) is 22.5. The molecule has 0 radical (unpaired) electrons. The predicted octanol–water partition coefficient (Wildman–Crippen LogP) is 3.19. The number of benzene rings is 1. The van der Waals surface area contributed by atoms with E-state index in [9.17, 15) is 9.59 Å². The van der Waals surface area contributed by atoms with Gasteiger partial charge in [-0.3, -0.25) is 9.59 Å². The second-order valence-corrected chi connectivity index (χ2v) is 9.09. The monoisotopic (exact) mass is 441 g/mol. The molecular formula is C23H31N5O2S. The molecule has 2 heterocycles. The van der Waals surface area contributed by atoms with E-state index < -0.39 is 0 Å². The summed E-state index contributed by atoms with van der Waals surface area (Å²) in [5, 5.41) is 3.65. The number of piperazine rings is 1. The zero-order valence-corrected chi connectivity index (χ0v) is 19.8. The third kappa shape index (κ3) is 5.97. The van der Waals surface area contributed by atoms with Crippen molar-refractivity contribution in [1.82, 2.24) is 20.2 Å². The van der Waals surface area contributed by atoms with Crippen molar-refractivity contribution in [2.75, 3.05) is 31.1 Å². The fourth-order valence-corrected chi connectivity index (χ4v) is 4.28. The summed E-state index contributed by atoms with van der Waals surface area (Å²) in [5.74, 6) is 1.76. The van der Waals surface area contributed by atoms with Crippen molar-refractivity contribution in [1.29, 1.82) is 0 Å². The number of carbonyl (C=O) groups is 2. The van der Waals surface area contributed by atoms with Crippen LogP contribution in [0.3, 0.4) is 0 Å². The van der Waals surface area contributed by atoms with Crippen LogP contribution in [0, 0.1) is 13.8 Å². The number of hydrogen-bond donors (Lipinski definition) is 1. The second-order valence-electron chi connectivity index (χ2n) is 8.15. The van der Waals surface area contributed by atoms with Crippen LogP contribution < -0.4 is 10.2 Å². The van der Waals surface area contributed by atoms with Crippen molar-refractivity contribution >= 4 is 29.4 Å². The Morgan fingerprint density at radius 3 is 2.29 bits per heavy atom. The number of aryl methyl sites for hydroxylation is 1. The van der Waals surface area contributed by atoms with E-state index in [-0.39, 0.29) is 17.9 Å². The summed E-state index contributed by atoms with van der Waals surface area (Å²) >= 11 is 1.59. The SMILES string of the molecule is CC(=O)N1CCN(c2nc(SCc3ccc(C(=O)NC(C)C)cc3)nc(C)c2C)CC1. The first-order valence-electron chi connectivity index (χ1n) is 10.6. The third-order valence-electron chi connectivity index (χ3n) is 5.37. The fourth-order valence-electron chi connectivity index (χ4n) is 3.44. The van der Waals surface area contributed by atoms with Gasteiger partial charge in [0.25, 0.3) is 5.91 Å². The van der Waals surface area contributed by atoms with Gasteiger partial charge in [-0.05, 0) is 45.4 Å². The number of aromatic nitrogens is 2. The first-order chi connectivity index (χ1) is 14.7. The number of hydrogen-bond acceptors (Lipinski definition) is 6. The highest BCUT2D eigenvalue weighted by atomic mass is 32.2. The molecule has 1 fully saturated rings. The van der Waals surface area contributed by atoms with Gasteiger partial charge >= 0.3 is 0 Å². The maximum absolute atomic E-state index is 12.1. The number of rotatable bonds is 6. The summed E-state index contributed by atoms with van der Waals surface area (Å²) in [6.07, 6.45) is 0. The molecule has 0 spiro atoms. The molecule has 1 saturated heterocycles. The lowest BCUT2D eigenvalue weighted by atomic mass is 10.1. The summed E-state index contributed by atoms with van der Waals surface area (Å²) in [6.45, 7) is 12.6. The number of thioether (sulfide) groups is 1. The molecule has 1 aliphatic heterocycles. The molecule has 2 amide bonds. The Morgan fingerprint density at radius 2 is 1.71 bits per heavy atom. The van der Waals surface area contributed by atoms with Gasteiger partial charge in [-0.25, -0.2) is 9.97 Å². The van der Waals surface area contributed by atoms with Crippen molar-refractivity contribution < 1.29 is 9.59 Å². The quantitative estimate of drug-likeness (QED) is 0.548. The van der Waals surface area contributed by atoms with Gasteiger partial charge in [0.15, 0.2) is 5.16 Å². The molecule has 0 aliphatic carbocycles. The van der Waals surface area contributed by atoms with Crippen LogP contribution in [0.25, 0.3) is 0 Å². The molecule has 166 valence electrons. The van der Waals surface area contributed by atoms with Crippen LogP contribution in [0.4, 0.5) is 5.82 Å². The largest absolute Gasteiger partial charge is 0.353 e. The maximum Gasteiger partial charge on any atom is 0.251 e. The van der Waals surface area contributed by atoms with Gasteiger partial charge < -0.3 is 15.1 Å². The standard InChI is InChI=1S/C23H31N5O2S/c1-15(2)24-22(30)20-8-6-19(7-9-20)14-31-23-25-17(4)16(3)21(26-23)28-12-10-27(11-13-28)18(5)29/h6-9,15H,10-14H2,1-5H3,(H,24,30). The highest BCUT2D eigenvalue weighted by Crippen LogP contribution is 2.27. The molecule has 2 aromatic rings. The van der Waals surface area contributed by atoms with Gasteiger partial charge in [0.2, 0.25) is 5.91 Å². The topological polar surface area (TPSA) is 78.4 Å². The van der Waals surface area contributed by atoms with Crippen LogP contribution >= 0.6 is 11.8 Å². The number of nitrogens with one attached hydrogen (secondary N) is 1. The van der Waals surface area contributed by atoms with Gasteiger partial charge in [0.1, 0.15) is 5.82 Å². The molecule has 0 bridgehead atoms. The number of nitrogens with zero attached hydrogens (tertiary/aromatic N) is 4. The Kier molecular flexibility index (Phi) is 7.54. The molecule has 0 unspecified atom stereocenters. The molecule has 8 heteroatoms. The third-order valence-corrected chi connectivity index (χ3v) is 6.29. The van der Waals surface area contributed by atoms with Crippen molar-refractivity contribution in [2.24, 2.45) is 0 Å². The molecule has 7 nitrogen and oxygen atoms in total. The van der Waals surface area contributed by atoms with Crippen LogP contribution in [0.1, 0.15) is 48.0 Å². The summed E-state index contributed by atoms with van der Waals surface area (Å²) in [7, 11) is 0. The van der Waals surface area contributed by atoms with Gasteiger partial charge in [-0.1, -0.05) is 23.9 Å². The molecule has 1 aliphatic rings. The van der Waals surface area contributed by atoms with E-state index in [4.69, 9.17) is 4.98 Å². The Balaban J connectivity index is 1.66. The van der Waals surface area contributed by atoms with Crippen molar-refractivity contribution in [3.05, 3.63) is 46.6 Å². The number of anilines is 1. The lowest BCUT2D eigenvalue weighted by molar-refractivity contribution is -0.129. The molecular weight excluding hydrogens is 410 g/mol. The molecule has 3 rings (SSSR count). The summed E-state index contributed by atoms with van der Waals surface area (Å²) in [6, 6.07) is 7.78. The molecule has 1 N–H and O–H groups in total. The average Bonchev–Trinajstić information content (AvgIpc) is 2.74. The minimum Gasteiger partial charge on any atom is -0.353 e. The van der Waals surface area contributed by atoms with Gasteiger partial charge in [0, 0.05) is 61.7 Å². The number of amides is 2. The van der Waals surface area contributed by atoms with Gasteiger partial charge in [0.05, 0.1) is 0 Å². The Hall–Kier alpha value is -2.61. The maximum atomic E-state index is 12.1. The summed E-state index contributed by atoms with van der Waals surface area (Å²) in [4.78, 5) is 37.3. The van der Waals surface area contributed by atoms with Crippen LogP contribution in [0.2, 0.25) is 0 Å². The highest BCUT2D eigenvalue weighted by molar-refractivity contribution is 7.98. The highest BCUT2D eigenvalue weighted by Gasteiger charge is 2.22. The lowest BCUT2D eigenvalue weighted by Gasteiger charge is -2.35. The van der Waals surface area contributed by atoms with Crippen molar-refractivity contribution in [2.45, 2.75) is 51.6 Å². The van der Waals surface area contributed by atoms with Crippen LogP contribution in [0.15, 0.2) is 29.4 Å². The van der Waals surface area contributed by atoms with E-state index in [0.29, 0.717) is 5.56 Å². The summed E-state index contributed by atoms with van der Waals surface area (Å²) < 4.78 is 0. The van der Waals surface area contributed by atoms with Crippen LogP contribution in [0.5, 0.6) is 0 Å². The lowest BCUT2D eigenvalue weighted by Crippen LogP contribution is -2.48. The van der Waals surface area contributed by atoms with E-state index in [0.717, 1.165) is 59.7 Å².